The predicted molar refractivity (Wildman–Crippen MR) is 46.4 cm³/mol. The zero-order chi connectivity index (χ0) is 10.2. The van der Waals surface area contributed by atoms with Crippen molar-refractivity contribution in [2.45, 2.75) is 11.1 Å². The van der Waals surface area contributed by atoms with E-state index in [4.69, 9.17) is 0 Å². The maximum absolute atomic E-state index is 12.7. The summed E-state index contributed by atoms with van der Waals surface area (Å²) in [5, 5.41) is 0. The Hall–Kier alpha value is -0.230. The van der Waals surface area contributed by atoms with Crippen molar-refractivity contribution in [2.24, 2.45) is 0 Å². The fourth-order valence-corrected chi connectivity index (χ4v) is 1.26. The van der Waals surface area contributed by atoms with Gasteiger partial charge in [-0.05, 0) is 28.1 Å². The number of rotatable bonds is 0. The maximum Gasteiger partial charge on any atom is 0.419 e. The quantitative estimate of drug-likeness (QED) is 0.539. The third-order valence-electron chi connectivity index (χ3n) is 1.34. The van der Waals surface area contributed by atoms with Crippen LogP contribution in [0.4, 0.5) is 17.6 Å². The van der Waals surface area contributed by atoms with Crippen molar-refractivity contribution < 1.29 is 17.6 Å². The second-order valence-corrected chi connectivity index (χ2v) is 3.62. The Bertz CT molecular complexity index is 334. The lowest BCUT2D eigenvalue weighted by Crippen LogP contribution is -2.08. The van der Waals surface area contributed by atoms with Crippen LogP contribution in [0.2, 0.25) is 0 Å². The molecule has 0 bridgehead atoms. The third kappa shape index (κ3) is 2.37. The zero-order valence-electron chi connectivity index (χ0n) is 5.99. The molecule has 0 aromatic heterocycles. The fraction of sp³-hybridized carbons (Fsp3) is 0.143. The molecule has 1 aromatic rings. The van der Waals surface area contributed by atoms with E-state index >= 15 is 0 Å². The van der Waals surface area contributed by atoms with Crippen LogP contribution in [0.1, 0.15) is 5.56 Å². The summed E-state index contributed by atoms with van der Waals surface area (Å²) >= 11 is 6.60. The number of hydrogen-bond donors (Lipinski definition) is 1. The largest absolute Gasteiger partial charge is 0.419 e. The molecule has 0 nitrogen and oxygen atoms in total. The number of benzene rings is 1. The van der Waals surface area contributed by atoms with Crippen LogP contribution in [-0.4, -0.2) is 0 Å². The summed E-state index contributed by atoms with van der Waals surface area (Å²) in [6, 6.07) is 1.38. The lowest BCUT2D eigenvalue weighted by molar-refractivity contribution is -0.140. The highest BCUT2D eigenvalue weighted by atomic mass is 79.9. The molecule has 72 valence electrons. The second-order valence-electron chi connectivity index (χ2n) is 2.28. The minimum Gasteiger partial charge on any atom is -0.206 e. The van der Waals surface area contributed by atoms with Crippen molar-refractivity contribution >= 4 is 28.6 Å². The third-order valence-corrected chi connectivity index (χ3v) is 2.67. The average Bonchev–Trinajstić information content (AvgIpc) is 1.94. The summed E-state index contributed by atoms with van der Waals surface area (Å²) < 4.78 is 49.2. The molecule has 0 spiro atoms. The van der Waals surface area contributed by atoms with Crippen LogP contribution < -0.4 is 0 Å². The molecule has 0 aliphatic rings. The first-order valence-corrected chi connectivity index (χ1v) is 4.31. The molecule has 6 heteroatoms. The molecule has 0 atom stereocenters. The van der Waals surface area contributed by atoms with Crippen molar-refractivity contribution in [3.8, 4) is 0 Å². The van der Waals surface area contributed by atoms with Gasteiger partial charge in [0.1, 0.15) is 5.82 Å². The van der Waals surface area contributed by atoms with Crippen LogP contribution >= 0.6 is 28.6 Å². The van der Waals surface area contributed by atoms with E-state index < -0.39 is 17.6 Å². The van der Waals surface area contributed by atoms with Crippen LogP contribution in [0.25, 0.3) is 0 Å². The van der Waals surface area contributed by atoms with Crippen molar-refractivity contribution in [3.05, 3.63) is 28.0 Å². The molecular weight excluding hydrogens is 272 g/mol. The van der Waals surface area contributed by atoms with Crippen LogP contribution in [0, 0.1) is 5.82 Å². The van der Waals surface area contributed by atoms with Crippen molar-refractivity contribution in [1.82, 2.24) is 0 Å². The topological polar surface area (TPSA) is 0 Å². The van der Waals surface area contributed by atoms with Gasteiger partial charge in [-0.1, -0.05) is 0 Å². The molecule has 0 saturated heterocycles. The SMILES string of the molecule is Fc1cc(Br)c(S)cc1C(F)(F)F. The Morgan fingerprint density at radius 1 is 1.23 bits per heavy atom. The summed E-state index contributed by atoms with van der Waals surface area (Å²) in [6.07, 6.45) is -4.68. The highest BCUT2D eigenvalue weighted by Crippen LogP contribution is 2.35. The predicted octanol–water partition coefficient (Wildman–Crippen LogP) is 3.90. The Balaban J connectivity index is 3.32. The molecule has 0 heterocycles. The minimum absolute atomic E-state index is 0.0497. The summed E-state index contributed by atoms with van der Waals surface area (Å²) in [7, 11) is 0. The Kier molecular flexibility index (Phi) is 2.91. The van der Waals surface area contributed by atoms with Gasteiger partial charge in [0.2, 0.25) is 0 Å². The van der Waals surface area contributed by atoms with Gasteiger partial charge in [0.25, 0.3) is 0 Å². The second kappa shape index (κ2) is 3.49. The molecule has 0 fully saturated rings. The number of alkyl halides is 3. The Morgan fingerprint density at radius 3 is 2.23 bits per heavy atom. The molecule has 0 N–H and O–H groups in total. The summed E-state index contributed by atoms with van der Waals surface area (Å²) in [4.78, 5) is 0.0497. The van der Waals surface area contributed by atoms with E-state index in [1.54, 1.807) is 0 Å². The Morgan fingerprint density at radius 2 is 1.77 bits per heavy atom. The van der Waals surface area contributed by atoms with E-state index in [1.807, 2.05) is 0 Å². The lowest BCUT2D eigenvalue weighted by atomic mass is 10.2. The Labute approximate surface area is 85.5 Å². The average molecular weight is 275 g/mol. The van der Waals surface area contributed by atoms with Gasteiger partial charge in [-0.15, -0.1) is 12.6 Å². The van der Waals surface area contributed by atoms with Gasteiger partial charge in [-0.2, -0.15) is 13.2 Å². The molecular formula is C7H3BrF4S. The number of thiol groups is 1. The first-order valence-electron chi connectivity index (χ1n) is 3.07. The zero-order valence-corrected chi connectivity index (χ0v) is 8.47. The van der Waals surface area contributed by atoms with Gasteiger partial charge in [-0.3, -0.25) is 0 Å². The van der Waals surface area contributed by atoms with Crippen LogP contribution in [0.15, 0.2) is 21.5 Å². The van der Waals surface area contributed by atoms with Crippen LogP contribution in [0.3, 0.4) is 0 Å². The first kappa shape index (κ1) is 10.8. The van der Waals surface area contributed by atoms with E-state index in [1.165, 1.54) is 0 Å². The smallest absolute Gasteiger partial charge is 0.206 e. The minimum atomic E-state index is -4.68. The summed E-state index contributed by atoms with van der Waals surface area (Å²) in [6.45, 7) is 0. The van der Waals surface area contributed by atoms with Crippen LogP contribution in [-0.2, 0) is 6.18 Å². The van der Waals surface area contributed by atoms with Gasteiger partial charge >= 0.3 is 6.18 Å². The molecule has 1 rings (SSSR count). The van der Waals surface area contributed by atoms with Crippen LogP contribution in [0.5, 0.6) is 0 Å². The molecule has 0 radical (unpaired) electrons. The molecule has 0 amide bonds. The fourth-order valence-electron chi connectivity index (χ4n) is 0.755. The van der Waals surface area contributed by atoms with E-state index in [-0.39, 0.29) is 9.37 Å². The summed E-state index contributed by atoms with van der Waals surface area (Å²) in [5.41, 5.74) is -1.30. The van der Waals surface area contributed by atoms with Gasteiger partial charge in [0.15, 0.2) is 0 Å². The molecule has 13 heavy (non-hydrogen) atoms. The normalized spacial score (nSPS) is 11.8. The van der Waals surface area contributed by atoms with Gasteiger partial charge < -0.3 is 0 Å². The molecule has 0 aliphatic heterocycles. The lowest BCUT2D eigenvalue weighted by Gasteiger charge is -2.09. The first-order chi connectivity index (χ1) is 5.82. The molecule has 1 aromatic carbocycles. The van der Waals surface area contributed by atoms with Crippen molar-refractivity contribution in [2.75, 3.05) is 0 Å². The standard InChI is InChI=1S/C7H3BrF4S/c8-4-2-5(9)3(1-6(4)13)7(10,11)12/h1-2,13H. The summed E-state index contributed by atoms with van der Waals surface area (Å²) in [5.74, 6) is -1.31. The van der Waals surface area contributed by atoms with Gasteiger partial charge in [-0.25, -0.2) is 4.39 Å². The highest BCUT2D eigenvalue weighted by molar-refractivity contribution is 9.10. The van der Waals surface area contributed by atoms with Gasteiger partial charge in [0.05, 0.1) is 5.56 Å². The van der Waals surface area contributed by atoms with E-state index in [9.17, 15) is 17.6 Å². The van der Waals surface area contributed by atoms with Crippen molar-refractivity contribution in [3.63, 3.8) is 0 Å². The highest BCUT2D eigenvalue weighted by Gasteiger charge is 2.34. The number of hydrogen-bond acceptors (Lipinski definition) is 1. The van der Waals surface area contributed by atoms with E-state index in [0.29, 0.717) is 6.07 Å². The van der Waals surface area contributed by atoms with Gasteiger partial charge in [0, 0.05) is 9.37 Å². The number of halogens is 5. The van der Waals surface area contributed by atoms with E-state index in [2.05, 4.69) is 28.6 Å². The molecule has 0 saturated carbocycles. The van der Waals surface area contributed by atoms with Crippen molar-refractivity contribution in [1.29, 1.82) is 0 Å². The molecule has 0 aliphatic carbocycles. The molecule has 0 unspecified atom stereocenters. The monoisotopic (exact) mass is 274 g/mol. The maximum atomic E-state index is 12.7. The van der Waals surface area contributed by atoms with E-state index in [0.717, 1.165) is 6.07 Å².